The number of para-hydroxylation sites is 1. The molecule has 0 saturated carbocycles. The Balaban J connectivity index is 1.47. The van der Waals surface area contributed by atoms with Crippen LogP contribution >= 0.6 is 0 Å². The number of hydrogen-bond acceptors (Lipinski definition) is 2. The smallest absolute Gasteiger partial charge is 0.237 e. The fraction of sp³-hybridized carbons (Fsp3) is 0.318. The molecule has 4 rings (SSSR count). The van der Waals surface area contributed by atoms with Gasteiger partial charge in [-0.15, -0.1) is 0 Å². The Morgan fingerprint density at radius 2 is 1.88 bits per heavy atom. The topological polar surface area (TPSA) is 39.3 Å². The zero-order valence-electron chi connectivity index (χ0n) is 15.4. The lowest BCUT2D eigenvalue weighted by molar-refractivity contribution is -0.134. The lowest BCUT2D eigenvalue weighted by atomic mass is 9.98. The van der Waals surface area contributed by atoms with Gasteiger partial charge in [-0.25, -0.2) is 0 Å². The summed E-state index contributed by atoms with van der Waals surface area (Å²) in [7, 11) is 2.01. The third-order valence-electron chi connectivity index (χ3n) is 5.36. The highest BCUT2D eigenvalue weighted by molar-refractivity contribution is 5.86. The van der Waals surface area contributed by atoms with Gasteiger partial charge < -0.3 is 9.88 Å². The largest absolute Gasteiger partial charge is 0.356 e. The van der Waals surface area contributed by atoms with E-state index in [1.807, 2.05) is 30.1 Å². The van der Waals surface area contributed by atoms with Crippen molar-refractivity contribution in [3.8, 4) is 0 Å². The van der Waals surface area contributed by atoms with Crippen LogP contribution in [-0.2, 0) is 17.8 Å². The molecular formula is C22H25N3O. The molecule has 0 spiro atoms. The number of carbonyl (C=O) groups is 1. The highest BCUT2D eigenvalue weighted by Crippen LogP contribution is 2.34. The number of carbonyl (C=O) groups excluding carboxylic acids is 1. The summed E-state index contributed by atoms with van der Waals surface area (Å²) in [4.78, 5) is 20.5. The predicted octanol–water partition coefficient (Wildman–Crippen LogP) is 3.75. The van der Waals surface area contributed by atoms with Crippen molar-refractivity contribution in [3.05, 3.63) is 71.4 Å². The molecule has 0 unspecified atom stereocenters. The minimum atomic E-state index is 0.0868. The first-order valence-electron chi connectivity index (χ1n) is 9.25. The van der Waals surface area contributed by atoms with Crippen molar-refractivity contribution in [1.82, 2.24) is 14.8 Å². The lowest BCUT2D eigenvalue weighted by Gasteiger charge is -2.34. The maximum atomic E-state index is 12.9. The van der Waals surface area contributed by atoms with Gasteiger partial charge in [0.05, 0.1) is 12.6 Å². The zero-order chi connectivity index (χ0) is 18.1. The molecule has 1 aromatic heterocycles. The van der Waals surface area contributed by atoms with Crippen molar-refractivity contribution in [3.63, 3.8) is 0 Å². The van der Waals surface area contributed by atoms with Gasteiger partial charge in [-0.1, -0.05) is 48.5 Å². The quantitative estimate of drug-likeness (QED) is 0.781. The number of benzene rings is 2. The molecule has 2 heterocycles. The third kappa shape index (κ3) is 3.13. The van der Waals surface area contributed by atoms with E-state index in [1.54, 1.807) is 0 Å². The van der Waals surface area contributed by atoms with E-state index in [-0.39, 0.29) is 11.9 Å². The monoisotopic (exact) mass is 347 g/mol. The lowest BCUT2D eigenvalue weighted by Crippen LogP contribution is -2.43. The summed E-state index contributed by atoms with van der Waals surface area (Å²) in [5, 5.41) is 1.29. The fourth-order valence-corrected chi connectivity index (χ4v) is 4.04. The first-order valence-corrected chi connectivity index (χ1v) is 9.25. The second kappa shape index (κ2) is 6.96. The van der Waals surface area contributed by atoms with Crippen LogP contribution < -0.4 is 0 Å². The third-order valence-corrected chi connectivity index (χ3v) is 5.36. The normalized spacial score (nSPS) is 16.9. The van der Waals surface area contributed by atoms with Crippen LogP contribution in [0.25, 0.3) is 10.9 Å². The molecule has 0 saturated heterocycles. The summed E-state index contributed by atoms with van der Waals surface area (Å²) in [5.74, 6) is 0.195. The number of H-pyrrole nitrogens is 1. The van der Waals surface area contributed by atoms with Gasteiger partial charge >= 0.3 is 0 Å². The molecule has 3 aromatic rings. The predicted molar refractivity (Wildman–Crippen MR) is 105 cm³/mol. The second-order valence-electron chi connectivity index (χ2n) is 7.23. The van der Waals surface area contributed by atoms with Crippen molar-refractivity contribution >= 4 is 16.8 Å². The van der Waals surface area contributed by atoms with Crippen molar-refractivity contribution < 1.29 is 4.79 Å². The van der Waals surface area contributed by atoms with Crippen molar-refractivity contribution in [2.24, 2.45) is 0 Å². The molecule has 0 radical (unpaired) electrons. The van der Waals surface area contributed by atoms with Crippen LogP contribution in [0, 0.1) is 0 Å². The Labute approximate surface area is 154 Å². The van der Waals surface area contributed by atoms with E-state index < -0.39 is 0 Å². The van der Waals surface area contributed by atoms with Gasteiger partial charge in [0.15, 0.2) is 0 Å². The van der Waals surface area contributed by atoms with Gasteiger partial charge in [-0.05, 0) is 37.6 Å². The molecular weight excluding hydrogens is 322 g/mol. The average molecular weight is 347 g/mol. The van der Waals surface area contributed by atoms with Crippen molar-refractivity contribution in [2.45, 2.75) is 25.9 Å². The number of nitrogens with zero attached hydrogens (tertiary/aromatic N) is 2. The van der Waals surface area contributed by atoms with E-state index in [0.717, 1.165) is 19.5 Å². The SMILES string of the molecule is C[C@@H]1c2[nH]c3ccccc3c2CCN1C(=O)CN(C)Cc1ccccc1. The van der Waals surface area contributed by atoms with E-state index in [2.05, 4.69) is 53.2 Å². The van der Waals surface area contributed by atoms with Crippen LogP contribution in [0.3, 0.4) is 0 Å². The van der Waals surface area contributed by atoms with Gasteiger partial charge in [0.1, 0.15) is 0 Å². The standard InChI is InChI=1S/C22H25N3O/c1-16-22-19(18-10-6-7-11-20(18)23-22)12-13-25(16)21(26)15-24(2)14-17-8-4-3-5-9-17/h3-11,16,23H,12-15H2,1-2H3/t16-/m1/s1. The Bertz CT molecular complexity index is 916. The number of aromatic nitrogens is 1. The van der Waals surface area contributed by atoms with Crippen LogP contribution in [0.4, 0.5) is 0 Å². The van der Waals surface area contributed by atoms with E-state index in [0.29, 0.717) is 6.54 Å². The van der Waals surface area contributed by atoms with Gasteiger partial charge in [0.25, 0.3) is 0 Å². The molecule has 2 aromatic carbocycles. The maximum Gasteiger partial charge on any atom is 0.237 e. The van der Waals surface area contributed by atoms with Gasteiger partial charge in [-0.3, -0.25) is 9.69 Å². The first kappa shape index (κ1) is 16.9. The number of fused-ring (bicyclic) bond motifs is 3. The fourth-order valence-electron chi connectivity index (χ4n) is 4.04. The van der Waals surface area contributed by atoms with Crippen LogP contribution in [0.15, 0.2) is 54.6 Å². The number of nitrogens with one attached hydrogen (secondary N) is 1. The van der Waals surface area contributed by atoms with Crippen LogP contribution in [0.5, 0.6) is 0 Å². The summed E-state index contributed by atoms with van der Waals surface area (Å²) in [6.45, 7) is 4.14. The van der Waals surface area contributed by atoms with Gasteiger partial charge in [0.2, 0.25) is 5.91 Å². The molecule has 1 atom stereocenters. The van der Waals surface area contributed by atoms with Crippen molar-refractivity contribution in [2.75, 3.05) is 20.1 Å². The number of hydrogen-bond donors (Lipinski definition) is 1. The van der Waals surface area contributed by atoms with Gasteiger partial charge in [0, 0.05) is 29.7 Å². The van der Waals surface area contributed by atoms with Crippen LogP contribution in [0.2, 0.25) is 0 Å². The molecule has 1 amide bonds. The highest BCUT2D eigenvalue weighted by Gasteiger charge is 2.30. The molecule has 1 aliphatic rings. The Hall–Kier alpha value is -2.59. The molecule has 134 valence electrons. The Morgan fingerprint density at radius 3 is 2.69 bits per heavy atom. The number of amides is 1. The minimum Gasteiger partial charge on any atom is -0.356 e. The zero-order valence-corrected chi connectivity index (χ0v) is 15.4. The molecule has 4 nitrogen and oxygen atoms in total. The molecule has 1 aliphatic heterocycles. The number of aromatic amines is 1. The maximum absolute atomic E-state index is 12.9. The van der Waals surface area contributed by atoms with Crippen molar-refractivity contribution in [1.29, 1.82) is 0 Å². The van der Waals surface area contributed by atoms with E-state index in [4.69, 9.17) is 0 Å². The molecule has 0 fully saturated rings. The number of likely N-dealkylation sites (N-methyl/N-ethyl adjacent to an activating group) is 1. The molecule has 4 heteroatoms. The Morgan fingerprint density at radius 1 is 1.15 bits per heavy atom. The second-order valence-corrected chi connectivity index (χ2v) is 7.23. The summed E-state index contributed by atoms with van der Waals surface area (Å²) < 4.78 is 0. The first-order chi connectivity index (χ1) is 12.6. The van der Waals surface area contributed by atoms with Crippen LogP contribution in [0.1, 0.15) is 29.8 Å². The molecule has 1 N–H and O–H groups in total. The van der Waals surface area contributed by atoms with Crippen LogP contribution in [-0.4, -0.2) is 40.8 Å². The summed E-state index contributed by atoms with van der Waals surface area (Å²) >= 11 is 0. The minimum absolute atomic E-state index is 0.0868. The molecule has 0 bridgehead atoms. The average Bonchev–Trinajstić information content (AvgIpc) is 3.02. The van der Waals surface area contributed by atoms with E-state index in [9.17, 15) is 4.79 Å². The summed E-state index contributed by atoms with van der Waals surface area (Å²) in [6.07, 6.45) is 0.915. The summed E-state index contributed by atoms with van der Waals surface area (Å²) in [5.41, 5.74) is 4.96. The highest BCUT2D eigenvalue weighted by atomic mass is 16.2. The van der Waals surface area contributed by atoms with E-state index >= 15 is 0 Å². The summed E-state index contributed by atoms with van der Waals surface area (Å²) in [6, 6.07) is 18.8. The number of rotatable bonds is 4. The van der Waals surface area contributed by atoms with E-state index in [1.165, 1.54) is 27.7 Å². The molecule has 0 aliphatic carbocycles. The molecule has 26 heavy (non-hydrogen) atoms. The van der Waals surface area contributed by atoms with Gasteiger partial charge in [-0.2, -0.15) is 0 Å². The Kier molecular flexibility index (Phi) is 4.51.